The minimum Gasteiger partial charge on any atom is -0.366 e. The number of anilines is 3. The molecule has 0 atom stereocenters. The van der Waals surface area contributed by atoms with Gasteiger partial charge in [-0.3, -0.25) is 0 Å². The Kier molecular flexibility index (Phi) is 5.14. The van der Waals surface area contributed by atoms with Gasteiger partial charge in [-0.2, -0.15) is 0 Å². The number of nitrogens with one attached hydrogen (secondary N) is 2. The van der Waals surface area contributed by atoms with E-state index < -0.39 is 5.82 Å². The van der Waals surface area contributed by atoms with Crippen molar-refractivity contribution >= 4 is 28.9 Å². The molecule has 0 spiro atoms. The van der Waals surface area contributed by atoms with Crippen LogP contribution < -0.4 is 10.6 Å². The van der Waals surface area contributed by atoms with Crippen LogP contribution in [0.4, 0.5) is 21.7 Å². The molecule has 0 radical (unpaired) electrons. The van der Waals surface area contributed by atoms with Crippen LogP contribution in [0, 0.1) is 19.7 Å². The molecule has 3 aromatic rings. The quantitative estimate of drug-likeness (QED) is 0.656. The van der Waals surface area contributed by atoms with Gasteiger partial charge in [0.15, 0.2) is 0 Å². The number of aromatic nitrogens is 2. The fourth-order valence-electron chi connectivity index (χ4n) is 2.34. The van der Waals surface area contributed by atoms with Crippen molar-refractivity contribution in [3.05, 3.63) is 76.3 Å². The molecule has 6 heteroatoms. The van der Waals surface area contributed by atoms with Crippen LogP contribution in [0.3, 0.4) is 0 Å². The minimum absolute atomic E-state index is 0.0634. The first-order chi connectivity index (χ1) is 12.0. The predicted molar refractivity (Wildman–Crippen MR) is 100.0 cm³/mol. The maximum absolute atomic E-state index is 13.3. The lowest BCUT2D eigenvalue weighted by Gasteiger charge is -2.11. The molecule has 0 bridgehead atoms. The molecule has 1 aromatic heterocycles. The van der Waals surface area contributed by atoms with E-state index in [-0.39, 0.29) is 5.02 Å². The van der Waals surface area contributed by atoms with Gasteiger partial charge in [0.2, 0.25) is 0 Å². The molecule has 0 saturated heterocycles. The molecule has 1 heterocycles. The Morgan fingerprint density at radius 2 is 1.68 bits per heavy atom. The molecule has 2 N–H and O–H groups in total. The summed E-state index contributed by atoms with van der Waals surface area (Å²) in [6.45, 7) is 4.54. The summed E-state index contributed by atoms with van der Waals surface area (Å²) in [5.41, 5.74) is 3.06. The van der Waals surface area contributed by atoms with Crippen molar-refractivity contribution in [2.24, 2.45) is 0 Å². The lowest BCUT2D eigenvalue weighted by Crippen LogP contribution is -2.05. The van der Waals surface area contributed by atoms with Crippen LogP contribution in [0.1, 0.15) is 17.0 Å². The van der Waals surface area contributed by atoms with E-state index in [1.807, 2.05) is 6.92 Å². The minimum atomic E-state index is -0.452. The summed E-state index contributed by atoms with van der Waals surface area (Å²) in [6, 6.07) is 14.6. The molecule has 2 aromatic carbocycles. The third-order valence-electron chi connectivity index (χ3n) is 3.62. The second-order valence-electron chi connectivity index (χ2n) is 5.78. The molecular formula is C19H18ClFN4. The van der Waals surface area contributed by atoms with Crippen molar-refractivity contribution in [2.75, 3.05) is 10.6 Å². The van der Waals surface area contributed by atoms with Gasteiger partial charge in [-0.1, -0.05) is 41.4 Å². The van der Waals surface area contributed by atoms with Crippen molar-refractivity contribution in [1.29, 1.82) is 0 Å². The van der Waals surface area contributed by atoms with Gasteiger partial charge in [-0.05, 0) is 37.6 Å². The van der Waals surface area contributed by atoms with E-state index in [1.54, 1.807) is 12.1 Å². The lowest BCUT2D eigenvalue weighted by molar-refractivity contribution is 0.628. The highest BCUT2D eigenvalue weighted by molar-refractivity contribution is 6.31. The zero-order valence-corrected chi connectivity index (χ0v) is 14.7. The molecule has 0 unspecified atom stereocenters. The Balaban J connectivity index is 1.73. The van der Waals surface area contributed by atoms with Gasteiger partial charge in [0.05, 0.1) is 5.02 Å². The second kappa shape index (κ2) is 7.49. The Morgan fingerprint density at radius 3 is 2.40 bits per heavy atom. The SMILES string of the molecule is Cc1ccc(CNc2cc(Nc3ccc(F)c(Cl)c3)nc(C)n2)cc1. The summed E-state index contributed by atoms with van der Waals surface area (Å²) in [4.78, 5) is 8.74. The second-order valence-corrected chi connectivity index (χ2v) is 6.19. The van der Waals surface area contributed by atoms with Crippen molar-refractivity contribution < 1.29 is 4.39 Å². The van der Waals surface area contributed by atoms with Crippen molar-refractivity contribution in [1.82, 2.24) is 9.97 Å². The number of nitrogens with zero attached hydrogens (tertiary/aromatic N) is 2. The molecule has 4 nitrogen and oxygen atoms in total. The van der Waals surface area contributed by atoms with Crippen LogP contribution in [0.2, 0.25) is 5.02 Å². The van der Waals surface area contributed by atoms with Crippen molar-refractivity contribution in [2.45, 2.75) is 20.4 Å². The molecule has 25 heavy (non-hydrogen) atoms. The lowest BCUT2D eigenvalue weighted by atomic mass is 10.1. The first-order valence-electron chi connectivity index (χ1n) is 7.87. The Hall–Kier alpha value is -2.66. The summed E-state index contributed by atoms with van der Waals surface area (Å²) < 4.78 is 13.3. The van der Waals surface area contributed by atoms with E-state index in [4.69, 9.17) is 11.6 Å². The molecule has 0 aliphatic heterocycles. The standard InChI is InChI=1S/C19H18ClFN4/c1-12-3-5-14(6-4-12)11-22-18-10-19(24-13(2)23-18)25-15-7-8-17(21)16(20)9-15/h3-10H,11H2,1-2H3,(H2,22,23,24,25). The van der Waals surface area contributed by atoms with E-state index in [9.17, 15) is 4.39 Å². The number of benzene rings is 2. The first kappa shape index (κ1) is 17.2. The molecule has 3 rings (SSSR count). The number of hydrogen-bond donors (Lipinski definition) is 2. The third kappa shape index (κ3) is 4.67. The normalized spacial score (nSPS) is 10.6. The molecule has 0 fully saturated rings. The van der Waals surface area contributed by atoms with Crippen molar-refractivity contribution in [3.8, 4) is 0 Å². The van der Waals surface area contributed by atoms with E-state index in [1.165, 1.54) is 23.3 Å². The Morgan fingerprint density at radius 1 is 0.960 bits per heavy atom. The Bertz CT molecular complexity index is 881. The van der Waals surface area contributed by atoms with Gasteiger partial charge in [0.1, 0.15) is 23.3 Å². The summed E-state index contributed by atoms with van der Waals surface area (Å²) >= 11 is 5.81. The Labute approximate surface area is 151 Å². The van der Waals surface area contributed by atoms with Gasteiger partial charge in [-0.25, -0.2) is 14.4 Å². The highest BCUT2D eigenvalue weighted by Gasteiger charge is 2.05. The zero-order chi connectivity index (χ0) is 17.8. The van der Waals surface area contributed by atoms with E-state index in [0.29, 0.717) is 29.7 Å². The summed E-state index contributed by atoms with van der Waals surface area (Å²) in [5, 5.41) is 6.47. The third-order valence-corrected chi connectivity index (χ3v) is 3.91. The van der Waals surface area contributed by atoms with E-state index in [0.717, 1.165) is 0 Å². The summed E-state index contributed by atoms with van der Waals surface area (Å²) in [7, 11) is 0. The summed E-state index contributed by atoms with van der Waals surface area (Å²) in [5.74, 6) is 1.50. The zero-order valence-electron chi connectivity index (χ0n) is 14.0. The average molecular weight is 357 g/mol. The molecule has 128 valence electrons. The number of aryl methyl sites for hydroxylation is 2. The van der Waals surface area contributed by atoms with Crippen LogP contribution in [0.15, 0.2) is 48.5 Å². The van der Waals surface area contributed by atoms with Gasteiger partial charge >= 0.3 is 0 Å². The van der Waals surface area contributed by atoms with Gasteiger partial charge in [-0.15, -0.1) is 0 Å². The van der Waals surface area contributed by atoms with Crippen LogP contribution in [0.5, 0.6) is 0 Å². The molecule has 0 saturated carbocycles. The number of rotatable bonds is 5. The van der Waals surface area contributed by atoms with E-state index >= 15 is 0 Å². The van der Waals surface area contributed by atoms with Crippen LogP contribution in [-0.4, -0.2) is 9.97 Å². The highest BCUT2D eigenvalue weighted by atomic mass is 35.5. The number of hydrogen-bond acceptors (Lipinski definition) is 4. The maximum atomic E-state index is 13.3. The first-order valence-corrected chi connectivity index (χ1v) is 8.24. The van der Waals surface area contributed by atoms with Gasteiger partial charge < -0.3 is 10.6 Å². The molecule has 0 aliphatic carbocycles. The van der Waals surface area contributed by atoms with Crippen LogP contribution in [-0.2, 0) is 6.54 Å². The fourth-order valence-corrected chi connectivity index (χ4v) is 2.52. The summed E-state index contributed by atoms with van der Waals surface area (Å²) in [6.07, 6.45) is 0. The average Bonchev–Trinajstić information content (AvgIpc) is 2.57. The smallest absolute Gasteiger partial charge is 0.141 e. The highest BCUT2D eigenvalue weighted by Crippen LogP contribution is 2.23. The number of halogens is 2. The molecule has 0 amide bonds. The topological polar surface area (TPSA) is 49.8 Å². The fraction of sp³-hybridized carbons (Fsp3) is 0.158. The maximum Gasteiger partial charge on any atom is 0.141 e. The van der Waals surface area contributed by atoms with Crippen LogP contribution in [0.25, 0.3) is 0 Å². The largest absolute Gasteiger partial charge is 0.366 e. The predicted octanol–water partition coefficient (Wildman–Crippen LogP) is 5.24. The van der Waals surface area contributed by atoms with Gasteiger partial charge in [0, 0.05) is 18.3 Å². The van der Waals surface area contributed by atoms with Crippen LogP contribution >= 0.6 is 11.6 Å². The van der Waals surface area contributed by atoms with E-state index in [2.05, 4.69) is 51.8 Å². The molecule has 0 aliphatic rings. The monoisotopic (exact) mass is 356 g/mol. The van der Waals surface area contributed by atoms with Crippen molar-refractivity contribution in [3.63, 3.8) is 0 Å². The molecular weight excluding hydrogens is 339 g/mol. The van der Waals surface area contributed by atoms with Gasteiger partial charge in [0.25, 0.3) is 0 Å².